The molecule has 3 aromatic carbocycles. The molecule has 0 radical (unpaired) electrons. The van der Waals surface area contributed by atoms with E-state index >= 15 is 0 Å². The van der Waals surface area contributed by atoms with Gasteiger partial charge in [-0.25, -0.2) is 9.18 Å². The number of aromatic carboxylic acids is 1. The molecule has 11 nitrogen and oxygen atoms in total. The summed E-state index contributed by atoms with van der Waals surface area (Å²) in [7, 11) is 0. The minimum Gasteiger partial charge on any atom is -0.478 e. The SMILES string of the molecule is O=C(O)c1ccc(NC(=O)[C@H]2c3cccc(N4CCC(N5CCCC5=O)CC4)c3CCN2C(=O)[C@H]2CC(c3cccc(Cl)c3F)=NO2)cc1. The Bertz CT molecular complexity index is 1840. The van der Waals surface area contributed by atoms with Crippen molar-refractivity contribution in [3.63, 3.8) is 0 Å². The second-order valence-electron chi connectivity index (χ2n) is 12.7. The highest BCUT2D eigenvalue weighted by atomic mass is 35.5. The number of carboxylic acids is 1. The number of hydrogen-bond acceptors (Lipinski definition) is 7. The molecule has 254 valence electrons. The number of nitrogens with one attached hydrogen (secondary N) is 1. The van der Waals surface area contributed by atoms with Crippen LogP contribution in [0.5, 0.6) is 0 Å². The Hall–Kier alpha value is -4.97. The van der Waals surface area contributed by atoms with Crippen LogP contribution in [0.4, 0.5) is 15.8 Å². The van der Waals surface area contributed by atoms with Crippen LogP contribution < -0.4 is 10.2 Å². The molecular formula is C36H35ClFN5O6. The monoisotopic (exact) mass is 687 g/mol. The van der Waals surface area contributed by atoms with Crippen molar-refractivity contribution in [1.29, 1.82) is 0 Å². The van der Waals surface area contributed by atoms with E-state index in [0.29, 0.717) is 24.1 Å². The fraction of sp³-hybridized carbons (Fsp3) is 0.361. The zero-order valence-electron chi connectivity index (χ0n) is 26.6. The molecule has 13 heteroatoms. The number of amides is 3. The van der Waals surface area contributed by atoms with Gasteiger partial charge in [-0.15, -0.1) is 0 Å². The van der Waals surface area contributed by atoms with Crippen LogP contribution in [0.25, 0.3) is 0 Å². The zero-order chi connectivity index (χ0) is 34.2. The number of anilines is 2. The molecule has 2 saturated heterocycles. The molecule has 3 aromatic rings. The van der Waals surface area contributed by atoms with E-state index < -0.39 is 35.7 Å². The van der Waals surface area contributed by atoms with Crippen LogP contribution in [-0.2, 0) is 25.6 Å². The normalized spacial score (nSPS) is 20.9. The van der Waals surface area contributed by atoms with E-state index in [1.165, 1.54) is 41.3 Å². The van der Waals surface area contributed by atoms with Crippen LogP contribution >= 0.6 is 11.6 Å². The predicted octanol–water partition coefficient (Wildman–Crippen LogP) is 5.03. The Kier molecular flexibility index (Phi) is 8.98. The third kappa shape index (κ3) is 6.32. The molecule has 4 heterocycles. The molecule has 0 saturated carbocycles. The molecule has 2 N–H and O–H groups in total. The average molecular weight is 688 g/mol. The van der Waals surface area contributed by atoms with E-state index in [4.69, 9.17) is 16.4 Å². The van der Waals surface area contributed by atoms with E-state index in [0.717, 1.165) is 50.1 Å². The van der Waals surface area contributed by atoms with Gasteiger partial charge >= 0.3 is 5.97 Å². The summed E-state index contributed by atoms with van der Waals surface area (Å²) in [6, 6.07) is 15.3. The van der Waals surface area contributed by atoms with Crippen LogP contribution in [0.2, 0.25) is 5.02 Å². The van der Waals surface area contributed by atoms with Crippen molar-refractivity contribution in [1.82, 2.24) is 9.80 Å². The van der Waals surface area contributed by atoms with Gasteiger partial charge in [0.25, 0.3) is 11.8 Å². The minimum atomic E-state index is -1.09. The first-order valence-electron chi connectivity index (χ1n) is 16.5. The van der Waals surface area contributed by atoms with Crippen LogP contribution in [0.15, 0.2) is 65.8 Å². The number of nitrogens with zero attached hydrogens (tertiary/aromatic N) is 4. The average Bonchev–Trinajstić information content (AvgIpc) is 3.78. The van der Waals surface area contributed by atoms with Crippen molar-refractivity contribution in [3.8, 4) is 0 Å². The summed E-state index contributed by atoms with van der Waals surface area (Å²) in [6.07, 6.45) is 2.64. The molecule has 49 heavy (non-hydrogen) atoms. The number of hydrogen-bond donors (Lipinski definition) is 2. The van der Waals surface area contributed by atoms with Gasteiger partial charge in [-0.2, -0.15) is 0 Å². The van der Waals surface area contributed by atoms with Crippen LogP contribution in [-0.4, -0.2) is 82.6 Å². The molecular weight excluding hydrogens is 653 g/mol. The van der Waals surface area contributed by atoms with Gasteiger partial charge in [0.15, 0.2) is 5.82 Å². The first-order valence-corrected chi connectivity index (χ1v) is 16.9. The number of fused-ring (bicyclic) bond motifs is 1. The van der Waals surface area contributed by atoms with Gasteiger partial charge < -0.3 is 30.0 Å². The molecule has 0 aromatic heterocycles. The van der Waals surface area contributed by atoms with E-state index in [-0.39, 0.29) is 46.8 Å². The number of carbonyl (C=O) groups excluding carboxylic acids is 3. The summed E-state index contributed by atoms with van der Waals surface area (Å²) < 4.78 is 14.8. The van der Waals surface area contributed by atoms with Crippen molar-refractivity contribution in [3.05, 3.63) is 93.8 Å². The Morgan fingerprint density at radius 3 is 2.43 bits per heavy atom. The number of likely N-dealkylation sites (tertiary alicyclic amines) is 1. The third-order valence-electron chi connectivity index (χ3n) is 9.89. The maximum Gasteiger partial charge on any atom is 0.335 e. The number of halogens is 2. The Morgan fingerprint density at radius 1 is 0.959 bits per heavy atom. The fourth-order valence-corrected chi connectivity index (χ4v) is 7.60. The lowest BCUT2D eigenvalue weighted by Crippen LogP contribution is -2.50. The smallest absolute Gasteiger partial charge is 0.335 e. The van der Waals surface area contributed by atoms with Crippen LogP contribution in [0.3, 0.4) is 0 Å². The van der Waals surface area contributed by atoms with Gasteiger partial charge in [0.2, 0.25) is 12.0 Å². The Balaban J connectivity index is 1.15. The van der Waals surface area contributed by atoms with Crippen molar-refractivity contribution in [2.45, 2.75) is 56.7 Å². The Labute approximate surface area is 287 Å². The maximum atomic E-state index is 14.8. The minimum absolute atomic E-state index is 0.00104. The molecule has 4 aliphatic rings. The number of carboxylic acid groups (broad SMARTS) is 1. The van der Waals surface area contributed by atoms with E-state index in [2.05, 4.69) is 15.4 Å². The van der Waals surface area contributed by atoms with Gasteiger partial charge in [-0.1, -0.05) is 35.0 Å². The van der Waals surface area contributed by atoms with E-state index in [1.54, 1.807) is 6.07 Å². The fourth-order valence-electron chi connectivity index (χ4n) is 7.43. The van der Waals surface area contributed by atoms with Gasteiger partial charge in [0, 0.05) is 62.0 Å². The first kappa shape index (κ1) is 32.6. The summed E-state index contributed by atoms with van der Waals surface area (Å²) in [6.45, 7) is 2.56. The summed E-state index contributed by atoms with van der Waals surface area (Å²) >= 11 is 5.98. The van der Waals surface area contributed by atoms with Crippen LogP contribution in [0, 0.1) is 5.82 Å². The van der Waals surface area contributed by atoms with E-state index in [1.807, 2.05) is 23.1 Å². The highest BCUT2D eigenvalue weighted by Crippen LogP contribution is 2.39. The van der Waals surface area contributed by atoms with Crippen molar-refractivity contribution in [2.75, 3.05) is 36.4 Å². The largest absolute Gasteiger partial charge is 0.478 e. The highest BCUT2D eigenvalue weighted by molar-refractivity contribution is 6.31. The van der Waals surface area contributed by atoms with Crippen molar-refractivity contribution in [2.24, 2.45) is 5.16 Å². The quantitative estimate of drug-likeness (QED) is 0.356. The summed E-state index contributed by atoms with van der Waals surface area (Å²) in [5, 5.41) is 16.1. The topological polar surface area (TPSA) is 132 Å². The Morgan fingerprint density at radius 2 is 1.71 bits per heavy atom. The maximum absolute atomic E-state index is 14.8. The molecule has 0 aliphatic carbocycles. The molecule has 0 spiro atoms. The molecule has 0 unspecified atom stereocenters. The lowest BCUT2D eigenvalue weighted by atomic mass is 9.88. The number of oxime groups is 1. The first-order chi connectivity index (χ1) is 23.7. The van der Waals surface area contributed by atoms with Gasteiger partial charge in [-0.05, 0) is 79.3 Å². The zero-order valence-corrected chi connectivity index (χ0v) is 27.4. The van der Waals surface area contributed by atoms with Gasteiger partial charge in [0.05, 0.1) is 16.3 Å². The summed E-state index contributed by atoms with van der Waals surface area (Å²) in [5.41, 5.74) is 3.49. The second kappa shape index (κ2) is 13.5. The standard InChI is InChI=1S/C36H35ClFN5O6/c37-27-6-1-5-26(32(27)38)28-20-30(49-40-28)35(46)43-19-15-24-25(33(43)34(45)39-22-11-9-21(10-12-22)36(47)48)4-2-7-29(24)41-17-13-23(14-18-41)42-16-3-8-31(42)44/h1-2,4-7,9-12,23,30,33H,3,8,13-20H2,(H,39,45)(H,47,48)/t30-,33-/m1/s1. The molecule has 4 aliphatic heterocycles. The summed E-state index contributed by atoms with van der Waals surface area (Å²) in [5.74, 6) is -2.44. The number of carbonyl (C=O) groups is 4. The molecule has 7 rings (SSSR count). The van der Waals surface area contributed by atoms with E-state index in [9.17, 15) is 28.7 Å². The third-order valence-corrected chi connectivity index (χ3v) is 10.2. The second-order valence-corrected chi connectivity index (χ2v) is 13.2. The van der Waals surface area contributed by atoms with Gasteiger partial charge in [0.1, 0.15) is 6.04 Å². The van der Waals surface area contributed by atoms with Gasteiger partial charge in [-0.3, -0.25) is 14.4 Å². The number of piperidine rings is 1. The predicted molar refractivity (Wildman–Crippen MR) is 180 cm³/mol. The number of rotatable bonds is 7. The van der Waals surface area contributed by atoms with Crippen molar-refractivity contribution >= 4 is 52.4 Å². The lowest BCUT2D eigenvalue weighted by Gasteiger charge is -2.41. The molecule has 2 atom stereocenters. The molecule has 0 bridgehead atoms. The van der Waals surface area contributed by atoms with Crippen molar-refractivity contribution < 1.29 is 33.5 Å². The highest BCUT2D eigenvalue weighted by Gasteiger charge is 2.43. The lowest BCUT2D eigenvalue weighted by molar-refractivity contribution is -0.148. The summed E-state index contributed by atoms with van der Waals surface area (Å²) in [4.78, 5) is 63.4. The molecule has 3 amide bonds. The van der Waals surface area contributed by atoms with Crippen LogP contribution in [0.1, 0.15) is 65.2 Å². The molecule has 2 fully saturated rings. The number of benzene rings is 3.